The topological polar surface area (TPSA) is 50.8 Å². The number of rotatable bonds is 8. The molecule has 1 N–H and O–H groups in total. The maximum atomic E-state index is 12.0. The Morgan fingerprint density at radius 1 is 1.29 bits per heavy atom. The number of carbonyl (C=O) groups excluding carboxylic acids is 1. The lowest BCUT2D eigenvalue weighted by molar-refractivity contribution is 0.0384. The Morgan fingerprint density at radius 3 is 2.67 bits per heavy atom. The fraction of sp³-hybridized carbons (Fsp3) is 0.562. The highest BCUT2D eigenvalue weighted by Gasteiger charge is 2.10. The van der Waals surface area contributed by atoms with E-state index >= 15 is 0 Å². The van der Waals surface area contributed by atoms with E-state index in [9.17, 15) is 4.79 Å². The first-order valence-corrected chi connectivity index (χ1v) is 7.56. The monoisotopic (exact) mass is 292 g/mol. The highest BCUT2D eigenvalue weighted by atomic mass is 16.5. The first-order valence-electron chi connectivity index (χ1n) is 7.56. The van der Waals surface area contributed by atoms with Gasteiger partial charge in [-0.2, -0.15) is 0 Å². The van der Waals surface area contributed by atoms with Crippen LogP contribution in [-0.2, 0) is 4.74 Å². The first kappa shape index (κ1) is 15.9. The molecule has 0 aliphatic carbocycles. The predicted molar refractivity (Wildman–Crippen MR) is 82.1 cm³/mol. The lowest BCUT2D eigenvalue weighted by Crippen LogP contribution is -2.41. The molecule has 5 heteroatoms. The van der Waals surface area contributed by atoms with E-state index in [0.29, 0.717) is 13.2 Å². The quantitative estimate of drug-likeness (QED) is 0.576. The van der Waals surface area contributed by atoms with E-state index in [4.69, 9.17) is 9.47 Å². The minimum absolute atomic E-state index is 0.111. The summed E-state index contributed by atoms with van der Waals surface area (Å²) in [5, 5.41) is 3.21. The van der Waals surface area contributed by atoms with Crippen molar-refractivity contribution in [1.29, 1.82) is 0 Å². The fourth-order valence-corrected chi connectivity index (χ4v) is 2.27. The van der Waals surface area contributed by atoms with Crippen LogP contribution in [0.25, 0.3) is 0 Å². The summed E-state index contributed by atoms with van der Waals surface area (Å²) in [5.74, 6) is 0.911. The molecule has 2 rings (SSSR count). The van der Waals surface area contributed by atoms with Gasteiger partial charge in [-0.3, -0.25) is 9.69 Å². The molecule has 116 valence electrons. The summed E-state index contributed by atoms with van der Waals surface area (Å²) < 4.78 is 10.7. The maximum Gasteiger partial charge on any atom is 0.176 e. The van der Waals surface area contributed by atoms with Crippen molar-refractivity contribution in [2.45, 2.75) is 6.92 Å². The Hall–Kier alpha value is -1.43. The fourth-order valence-electron chi connectivity index (χ4n) is 2.27. The summed E-state index contributed by atoms with van der Waals surface area (Å²) in [6.07, 6.45) is 0. The van der Waals surface area contributed by atoms with Gasteiger partial charge in [-0.25, -0.2) is 0 Å². The normalized spacial score (nSPS) is 15.9. The molecule has 0 amide bonds. The van der Waals surface area contributed by atoms with Crippen molar-refractivity contribution >= 4 is 5.78 Å². The molecule has 1 aliphatic rings. The first-order chi connectivity index (χ1) is 10.3. The number of benzene rings is 1. The highest BCUT2D eigenvalue weighted by Crippen LogP contribution is 2.12. The van der Waals surface area contributed by atoms with Crippen molar-refractivity contribution in [2.75, 3.05) is 52.5 Å². The molecule has 1 heterocycles. The zero-order chi connectivity index (χ0) is 14.9. The third-order valence-electron chi connectivity index (χ3n) is 3.48. The van der Waals surface area contributed by atoms with Crippen molar-refractivity contribution < 1.29 is 14.3 Å². The molecule has 0 aromatic heterocycles. The molecule has 0 spiro atoms. The van der Waals surface area contributed by atoms with Crippen molar-refractivity contribution in [3.05, 3.63) is 29.8 Å². The molecule has 5 nitrogen and oxygen atoms in total. The summed E-state index contributed by atoms with van der Waals surface area (Å²) in [6.45, 7) is 8.31. The van der Waals surface area contributed by atoms with Gasteiger partial charge >= 0.3 is 0 Å². The van der Waals surface area contributed by atoms with Gasteiger partial charge in [0.05, 0.1) is 26.4 Å². The van der Waals surface area contributed by atoms with Gasteiger partial charge in [0, 0.05) is 31.7 Å². The van der Waals surface area contributed by atoms with Gasteiger partial charge in [0.1, 0.15) is 5.75 Å². The van der Waals surface area contributed by atoms with Crippen LogP contribution in [0.3, 0.4) is 0 Å². The number of nitrogens with zero attached hydrogens (tertiary/aromatic N) is 1. The van der Waals surface area contributed by atoms with E-state index in [1.807, 2.05) is 31.2 Å². The number of ketones is 1. The van der Waals surface area contributed by atoms with Crippen LogP contribution in [0.4, 0.5) is 0 Å². The van der Waals surface area contributed by atoms with Gasteiger partial charge in [-0.05, 0) is 31.2 Å². The number of morpholine rings is 1. The lowest BCUT2D eigenvalue weighted by Gasteiger charge is -2.26. The molecular formula is C16H24N2O3. The van der Waals surface area contributed by atoms with Crippen LogP contribution < -0.4 is 10.1 Å². The second kappa shape index (κ2) is 8.77. The van der Waals surface area contributed by atoms with Crippen LogP contribution in [0.1, 0.15) is 17.3 Å². The smallest absolute Gasteiger partial charge is 0.176 e. The highest BCUT2D eigenvalue weighted by molar-refractivity contribution is 5.97. The molecule has 0 saturated carbocycles. The number of hydrogen-bond acceptors (Lipinski definition) is 5. The summed E-state index contributed by atoms with van der Waals surface area (Å²) in [7, 11) is 0. The number of carbonyl (C=O) groups is 1. The Labute approximate surface area is 126 Å². The van der Waals surface area contributed by atoms with Crippen LogP contribution in [0, 0.1) is 0 Å². The Balaban J connectivity index is 1.66. The van der Waals surface area contributed by atoms with E-state index in [1.165, 1.54) is 0 Å². The molecular weight excluding hydrogens is 268 g/mol. The van der Waals surface area contributed by atoms with Gasteiger partial charge in [0.15, 0.2) is 5.78 Å². The third-order valence-corrected chi connectivity index (χ3v) is 3.48. The molecule has 1 aromatic rings. The van der Waals surface area contributed by atoms with E-state index < -0.39 is 0 Å². The standard InChI is InChI=1S/C16H24N2O3/c1-2-21-15-5-3-14(4-6-15)16(19)13-17-7-8-18-9-11-20-12-10-18/h3-6,17H,2,7-13H2,1H3. The summed E-state index contributed by atoms with van der Waals surface area (Å²) in [5.41, 5.74) is 0.720. The van der Waals surface area contributed by atoms with Crippen LogP contribution >= 0.6 is 0 Å². The van der Waals surface area contributed by atoms with Crippen molar-refractivity contribution in [3.63, 3.8) is 0 Å². The van der Waals surface area contributed by atoms with Gasteiger partial charge < -0.3 is 14.8 Å². The summed E-state index contributed by atoms with van der Waals surface area (Å²) in [4.78, 5) is 14.4. The number of ether oxygens (including phenoxy) is 2. The van der Waals surface area contributed by atoms with Crippen molar-refractivity contribution in [2.24, 2.45) is 0 Å². The zero-order valence-electron chi connectivity index (χ0n) is 12.6. The molecule has 1 aliphatic heterocycles. The molecule has 1 saturated heterocycles. The average molecular weight is 292 g/mol. The molecule has 1 fully saturated rings. The van der Waals surface area contributed by atoms with Crippen LogP contribution in [0.15, 0.2) is 24.3 Å². The van der Waals surface area contributed by atoms with Gasteiger partial charge in [0.25, 0.3) is 0 Å². The molecule has 0 radical (unpaired) electrons. The average Bonchev–Trinajstić information content (AvgIpc) is 2.53. The maximum absolute atomic E-state index is 12.0. The second-order valence-electron chi connectivity index (χ2n) is 5.01. The number of nitrogens with one attached hydrogen (secondary N) is 1. The molecule has 0 atom stereocenters. The van der Waals surface area contributed by atoms with Crippen molar-refractivity contribution in [1.82, 2.24) is 10.2 Å². The minimum Gasteiger partial charge on any atom is -0.494 e. The third kappa shape index (κ3) is 5.46. The summed E-state index contributed by atoms with van der Waals surface area (Å²) in [6, 6.07) is 7.31. The van der Waals surface area contributed by atoms with Crippen LogP contribution in [-0.4, -0.2) is 63.2 Å². The Kier molecular flexibility index (Phi) is 6.66. The van der Waals surface area contributed by atoms with E-state index in [0.717, 1.165) is 50.7 Å². The van der Waals surface area contributed by atoms with Gasteiger partial charge in [-0.1, -0.05) is 0 Å². The Bertz CT molecular complexity index is 428. The van der Waals surface area contributed by atoms with Crippen LogP contribution in [0.5, 0.6) is 5.75 Å². The number of hydrogen-bond donors (Lipinski definition) is 1. The summed E-state index contributed by atoms with van der Waals surface area (Å²) >= 11 is 0. The molecule has 21 heavy (non-hydrogen) atoms. The predicted octanol–water partition coefficient (Wildman–Crippen LogP) is 1.19. The molecule has 0 unspecified atom stereocenters. The molecule has 0 bridgehead atoms. The van der Waals surface area contributed by atoms with Crippen LogP contribution in [0.2, 0.25) is 0 Å². The van der Waals surface area contributed by atoms with Crippen molar-refractivity contribution in [3.8, 4) is 5.75 Å². The largest absolute Gasteiger partial charge is 0.494 e. The lowest BCUT2D eigenvalue weighted by atomic mass is 10.1. The van der Waals surface area contributed by atoms with E-state index in [1.54, 1.807) is 0 Å². The van der Waals surface area contributed by atoms with E-state index in [2.05, 4.69) is 10.2 Å². The SMILES string of the molecule is CCOc1ccc(C(=O)CNCCN2CCOCC2)cc1. The zero-order valence-corrected chi connectivity index (χ0v) is 12.6. The second-order valence-corrected chi connectivity index (χ2v) is 5.01. The van der Waals surface area contributed by atoms with Gasteiger partial charge in [0.2, 0.25) is 0 Å². The Morgan fingerprint density at radius 2 is 2.00 bits per heavy atom. The number of Topliss-reactive ketones (excluding diaryl/α,β-unsaturated/α-hetero) is 1. The minimum atomic E-state index is 0.111. The van der Waals surface area contributed by atoms with Gasteiger partial charge in [-0.15, -0.1) is 0 Å². The van der Waals surface area contributed by atoms with E-state index in [-0.39, 0.29) is 5.78 Å². The molecule has 1 aromatic carbocycles.